The number of amides is 1. The number of aryl methyl sites for hydroxylation is 1. The first-order valence-electron chi connectivity index (χ1n) is 12.5. The Balaban J connectivity index is 1.63. The number of allylic oxidation sites excluding steroid dienone is 1. The van der Waals surface area contributed by atoms with E-state index in [0.717, 1.165) is 27.6 Å². The third-order valence-corrected chi connectivity index (χ3v) is 8.92. The van der Waals surface area contributed by atoms with E-state index < -0.39 is 15.9 Å². The Labute approximate surface area is 222 Å². The maximum absolute atomic E-state index is 14.3. The Kier molecular flexibility index (Phi) is 5.77. The number of carbonyl (C=O) groups is 1. The van der Waals surface area contributed by atoms with E-state index in [2.05, 4.69) is 5.32 Å². The molecule has 38 heavy (non-hydrogen) atoms. The molecule has 6 rings (SSSR count). The number of carbonyl (C=O) groups excluding carboxylic acids is 1. The number of anilines is 1. The van der Waals surface area contributed by atoms with E-state index >= 15 is 0 Å². The minimum absolute atomic E-state index is 0.207. The van der Waals surface area contributed by atoms with Crippen LogP contribution in [-0.2, 0) is 14.8 Å². The molecule has 1 aliphatic carbocycles. The molecule has 6 heteroatoms. The van der Waals surface area contributed by atoms with Crippen LogP contribution in [-0.4, -0.2) is 18.3 Å². The lowest BCUT2D eigenvalue weighted by molar-refractivity contribution is -0.113. The van der Waals surface area contributed by atoms with Gasteiger partial charge in [-0.2, -0.15) is 0 Å². The van der Waals surface area contributed by atoms with Crippen molar-refractivity contribution < 1.29 is 13.2 Å². The number of nitrogens with one attached hydrogen (secondary N) is 1. The maximum Gasteiger partial charge on any atom is 0.268 e. The Morgan fingerprint density at radius 1 is 0.763 bits per heavy atom. The zero-order valence-corrected chi connectivity index (χ0v) is 21.9. The van der Waals surface area contributed by atoms with Gasteiger partial charge in [0.05, 0.1) is 22.0 Å². The second-order valence-electron chi connectivity index (χ2n) is 9.56. The van der Waals surface area contributed by atoms with Crippen LogP contribution in [0.5, 0.6) is 0 Å². The van der Waals surface area contributed by atoms with Crippen molar-refractivity contribution in [1.29, 1.82) is 0 Å². The molecule has 0 bridgehead atoms. The predicted octanol–water partition coefficient (Wildman–Crippen LogP) is 6.74. The molecule has 5 aromatic rings. The van der Waals surface area contributed by atoms with Crippen molar-refractivity contribution >= 4 is 38.1 Å². The fourth-order valence-corrected chi connectivity index (χ4v) is 7.01. The number of aromatic nitrogens is 1. The van der Waals surface area contributed by atoms with Crippen LogP contribution in [0.1, 0.15) is 35.2 Å². The first-order valence-corrected chi connectivity index (χ1v) is 13.9. The summed E-state index contributed by atoms with van der Waals surface area (Å²) in [6.07, 6.45) is 0. The van der Waals surface area contributed by atoms with Gasteiger partial charge in [0.2, 0.25) is 0 Å². The van der Waals surface area contributed by atoms with Crippen LogP contribution in [0.3, 0.4) is 0 Å². The van der Waals surface area contributed by atoms with E-state index in [1.807, 2.05) is 98.8 Å². The van der Waals surface area contributed by atoms with E-state index in [1.54, 1.807) is 24.3 Å². The number of para-hydroxylation sites is 2. The normalized spacial score (nSPS) is 15.1. The highest BCUT2D eigenvalue weighted by Crippen LogP contribution is 2.51. The lowest BCUT2D eigenvalue weighted by Crippen LogP contribution is -2.22. The van der Waals surface area contributed by atoms with Crippen LogP contribution in [0.2, 0.25) is 0 Å². The topological polar surface area (TPSA) is 68.2 Å². The summed E-state index contributed by atoms with van der Waals surface area (Å²) < 4.78 is 30.0. The van der Waals surface area contributed by atoms with E-state index in [-0.39, 0.29) is 10.8 Å². The summed E-state index contributed by atoms with van der Waals surface area (Å²) in [6, 6.07) is 33.3. The van der Waals surface area contributed by atoms with Gasteiger partial charge in [-0.05, 0) is 55.3 Å². The van der Waals surface area contributed by atoms with Crippen molar-refractivity contribution in [3.63, 3.8) is 0 Å². The molecule has 0 spiro atoms. The second-order valence-corrected chi connectivity index (χ2v) is 11.3. The third-order valence-electron chi connectivity index (χ3n) is 7.18. The molecule has 1 amide bonds. The van der Waals surface area contributed by atoms with Crippen LogP contribution < -0.4 is 5.32 Å². The molecule has 0 radical (unpaired) electrons. The molecule has 1 atom stereocenters. The highest BCUT2D eigenvalue weighted by molar-refractivity contribution is 7.90. The molecule has 0 aliphatic heterocycles. The largest absolute Gasteiger partial charge is 0.322 e. The summed E-state index contributed by atoms with van der Waals surface area (Å²) in [4.78, 5) is 14.1. The molecule has 188 valence electrons. The van der Waals surface area contributed by atoms with Gasteiger partial charge in [0.1, 0.15) is 0 Å². The van der Waals surface area contributed by atoms with E-state index in [4.69, 9.17) is 0 Å². The predicted molar refractivity (Wildman–Crippen MR) is 152 cm³/mol. The Morgan fingerprint density at radius 2 is 1.37 bits per heavy atom. The van der Waals surface area contributed by atoms with Crippen molar-refractivity contribution in [2.45, 2.75) is 24.7 Å². The van der Waals surface area contributed by atoms with Crippen molar-refractivity contribution in [2.75, 3.05) is 5.32 Å². The van der Waals surface area contributed by atoms with Crippen LogP contribution in [0, 0.1) is 6.92 Å². The maximum atomic E-state index is 14.3. The molecule has 1 heterocycles. The Hall–Kier alpha value is -4.42. The van der Waals surface area contributed by atoms with Gasteiger partial charge in [0, 0.05) is 22.2 Å². The van der Waals surface area contributed by atoms with Crippen LogP contribution in [0.4, 0.5) is 5.69 Å². The molecule has 0 saturated heterocycles. The molecule has 1 unspecified atom stereocenters. The van der Waals surface area contributed by atoms with E-state index in [0.29, 0.717) is 22.5 Å². The second kappa shape index (κ2) is 9.15. The zero-order valence-electron chi connectivity index (χ0n) is 21.0. The number of benzene rings is 4. The summed E-state index contributed by atoms with van der Waals surface area (Å²) in [5.41, 5.74) is 5.82. The van der Waals surface area contributed by atoms with Gasteiger partial charge in [-0.25, -0.2) is 12.4 Å². The molecule has 1 N–H and O–H groups in total. The van der Waals surface area contributed by atoms with Gasteiger partial charge in [0.25, 0.3) is 15.9 Å². The quantitative estimate of drug-likeness (QED) is 0.280. The number of nitrogens with zero attached hydrogens (tertiary/aromatic N) is 1. The van der Waals surface area contributed by atoms with Crippen molar-refractivity contribution in [3.05, 3.63) is 137 Å². The molecule has 1 aromatic heterocycles. The van der Waals surface area contributed by atoms with Crippen molar-refractivity contribution in [3.8, 4) is 0 Å². The first kappa shape index (κ1) is 23.9. The van der Waals surface area contributed by atoms with Gasteiger partial charge in [0.15, 0.2) is 0 Å². The van der Waals surface area contributed by atoms with Gasteiger partial charge < -0.3 is 5.32 Å². The molecule has 4 aromatic carbocycles. The Morgan fingerprint density at radius 3 is 2.05 bits per heavy atom. The summed E-state index contributed by atoms with van der Waals surface area (Å²) in [5.74, 6) is -0.815. The summed E-state index contributed by atoms with van der Waals surface area (Å²) in [6.45, 7) is 3.84. The van der Waals surface area contributed by atoms with Crippen molar-refractivity contribution in [2.24, 2.45) is 0 Å². The smallest absolute Gasteiger partial charge is 0.268 e. The van der Waals surface area contributed by atoms with E-state index in [9.17, 15) is 13.2 Å². The first-order chi connectivity index (χ1) is 18.4. The van der Waals surface area contributed by atoms with Gasteiger partial charge in [-0.3, -0.25) is 4.79 Å². The Bertz CT molecular complexity index is 1820. The van der Waals surface area contributed by atoms with Crippen LogP contribution >= 0.6 is 0 Å². The van der Waals surface area contributed by atoms with Crippen LogP contribution in [0.25, 0.3) is 16.5 Å². The summed E-state index contributed by atoms with van der Waals surface area (Å²) >= 11 is 0. The highest BCUT2D eigenvalue weighted by atomic mass is 32.2. The van der Waals surface area contributed by atoms with E-state index in [1.165, 1.54) is 3.97 Å². The molecule has 0 saturated carbocycles. The average molecular weight is 519 g/mol. The van der Waals surface area contributed by atoms with Gasteiger partial charge >= 0.3 is 0 Å². The fourth-order valence-electron chi connectivity index (χ4n) is 5.44. The molecule has 5 nitrogen and oxygen atoms in total. The highest BCUT2D eigenvalue weighted by Gasteiger charge is 2.42. The number of rotatable bonds is 5. The molecule has 1 aliphatic rings. The fraction of sp³-hybridized carbons (Fsp3) is 0.0938. The average Bonchev–Trinajstić information content (AvgIpc) is 3.42. The minimum atomic E-state index is -3.98. The molecule has 0 fully saturated rings. The number of fused-ring (bicyclic) bond motifs is 3. The van der Waals surface area contributed by atoms with Crippen LogP contribution in [0.15, 0.2) is 120 Å². The van der Waals surface area contributed by atoms with Gasteiger partial charge in [-0.15, -0.1) is 0 Å². The molecular formula is C32H26N2O3S. The zero-order chi connectivity index (χ0) is 26.4. The monoisotopic (exact) mass is 518 g/mol. The number of hydrogen-bond donors (Lipinski definition) is 1. The standard InChI is InChI=1S/C32H26N2O3S/c1-21-17-19-25(20-18-21)38(36,37)34-27-16-10-9-15-26(27)28-22(2)29(32(35)33-24-13-7-4-8-14-24)30(31(28)34)23-11-5-3-6-12-23/h3-20,30H,1-2H3,(H,33,35). The van der Waals surface area contributed by atoms with Gasteiger partial charge in [-0.1, -0.05) is 84.4 Å². The molecular weight excluding hydrogens is 492 g/mol. The summed E-state index contributed by atoms with van der Waals surface area (Å²) in [7, 11) is -3.98. The summed E-state index contributed by atoms with van der Waals surface area (Å²) in [5, 5.41) is 3.83. The van der Waals surface area contributed by atoms with Crippen molar-refractivity contribution in [1.82, 2.24) is 3.97 Å². The lowest BCUT2D eigenvalue weighted by atomic mass is 9.90. The number of hydrogen-bond acceptors (Lipinski definition) is 3. The third kappa shape index (κ3) is 3.76. The lowest BCUT2D eigenvalue weighted by Gasteiger charge is -2.21. The SMILES string of the molecule is CC1=C(C(=O)Nc2ccccc2)C(c2ccccc2)c2c1c1ccccc1n2S(=O)(=O)c1ccc(C)cc1. The minimum Gasteiger partial charge on any atom is -0.322 e.